The van der Waals surface area contributed by atoms with Crippen LogP contribution in [-0.4, -0.2) is 45.2 Å². The molecule has 0 spiro atoms. The maximum absolute atomic E-state index is 12.8. The number of hydrogen-bond acceptors (Lipinski definition) is 6. The number of aromatic nitrogens is 2. The van der Waals surface area contributed by atoms with E-state index in [0.717, 1.165) is 42.8 Å². The second-order valence-corrected chi connectivity index (χ2v) is 9.11. The van der Waals surface area contributed by atoms with Gasteiger partial charge in [0.15, 0.2) is 0 Å². The number of nitro groups is 1. The molecule has 5 rings (SSSR count). The van der Waals surface area contributed by atoms with Gasteiger partial charge in [0.05, 0.1) is 5.56 Å². The standard InChI is InChI=1S/C26H25F3N4O4/c27-26(28,29)21-5-1-18(2-6-21)15-31-12-9-20(10-13-31)19-3-7-22(8-4-19)36-17-23-11-14-32-16-24(33(34)35)30-25(32)37-23/h1-9,16,23H,10-15,17H2/t23-/m1/s1. The van der Waals surface area contributed by atoms with Gasteiger partial charge in [-0.05, 0) is 52.3 Å². The fourth-order valence-electron chi connectivity index (χ4n) is 4.47. The minimum Gasteiger partial charge on any atom is -0.490 e. The van der Waals surface area contributed by atoms with Gasteiger partial charge in [-0.1, -0.05) is 30.3 Å². The summed E-state index contributed by atoms with van der Waals surface area (Å²) in [6.45, 7) is 3.03. The van der Waals surface area contributed by atoms with E-state index < -0.39 is 16.7 Å². The number of benzene rings is 2. The molecule has 3 aromatic rings. The molecule has 1 atom stereocenters. The van der Waals surface area contributed by atoms with Crippen LogP contribution in [0.15, 0.2) is 60.8 Å². The summed E-state index contributed by atoms with van der Waals surface area (Å²) in [4.78, 5) is 16.4. The van der Waals surface area contributed by atoms with E-state index in [1.165, 1.54) is 23.9 Å². The summed E-state index contributed by atoms with van der Waals surface area (Å²) in [5.74, 6) is 0.472. The van der Waals surface area contributed by atoms with Crippen LogP contribution in [0.1, 0.15) is 29.5 Å². The Bertz CT molecular complexity index is 1290. The van der Waals surface area contributed by atoms with E-state index in [4.69, 9.17) is 9.47 Å². The molecule has 2 aromatic carbocycles. The van der Waals surface area contributed by atoms with Gasteiger partial charge in [-0.15, -0.1) is 0 Å². The highest BCUT2D eigenvalue weighted by atomic mass is 19.4. The number of nitrogens with zero attached hydrogens (tertiary/aromatic N) is 4. The van der Waals surface area contributed by atoms with Gasteiger partial charge in [0.2, 0.25) is 0 Å². The first kappa shape index (κ1) is 24.8. The molecule has 0 bridgehead atoms. The zero-order valence-corrected chi connectivity index (χ0v) is 19.9. The Labute approximate surface area is 211 Å². The van der Waals surface area contributed by atoms with Crippen LogP contribution in [0, 0.1) is 10.1 Å². The predicted octanol–water partition coefficient (Wildman–Crippen LogP) is 5.33. The SMILES string of the molecule is O=[N+]([O-])c1cn2c(n1)O[C@@H](COc1ccc(C3=CCN(Cc4ccc(C(F)(F)F)cc4)CC3)cc1)CC2. The van der Waals surface area contributed by atoms with Crippen LogP contribution >= 0.6 is 0 Å². The van der Waals surface area contributed by atoms with Crippen molar-refractivity contribution in [2.45, 2.75) is 38.2 Å². The van der Waals surface area contributed by atoms with Crippen LogP contribution in [0.25, 0.3) is 5.57 Å². The lowest BCUT2D eigenvalue weighted by Gasteiger charge is -2.26. The molecule has 0 N–H and O–H groups in total. The molecule has 2 aliphatic heterocycles. The topological polar surface area (TPSA) is 82.7 Å². The van der Waals surface area contributed by atoms with Crippen molar-refractivity contribution in [3.8, 4) is 11.8 Å². The van der Waals surface area contributed by atoms with Crippen molar-refractivity contribution in [3.63, 3.8) is 0 Å². The molecule has 3 heterocycles. The van der Waals surface area contributed by atoms with Crippen LogP contribution in [-0.2, 0) is 19.3 Å². The lowest BCUT2D eigenvalue weighted by molar-refractivity contribution is -0.389. The van der Waals surface area contributed by atoms with Crippen molar-refractivity contribution < 1.29 is 27.6 Å². The van der Waals surface area contributed by atoms with Crippen molar-refractivity contribution in [1.29, 1.82) is 0 Å². The Balaban J connectivity index is 1.11. The number of ether oxygens (including phenoxy) is 2. The first-order chi connectivity index (χ1) is 17.7. The van der Waals surface area contributed by atoms with Crippen LogP contribution in [0.2, 0.25) is 0 Å². The maximum atomic E-state index is 12.8. The van der Waals surface area contributed by atoms with Crippen LogP contribution < -0.4 is 9.47 Å². The molecule has 0 amide bonds. The van der Waals surface area contributed by atoms with Gasteiger partial charge in [0, 0.05) is 37.6 Å². The van der Waals surface area contributed by atoms with Crippen molar-refractivity contribution in [2.24, 2.45) is 0 Å². The Morgan fingerprint density at radius 2 is 1.86 bits per heavy atom. The van der Waals surface area contributed by atoms with E-state index >= 15 is 0 Å². The van der Waals surface area contributed by atoms with Crippen molar-refractivity contribution in [3.05, 3.63) is 87.6 Å². The highest BCUT2D eigenvalue weighted by molar-refractivity contribution is 5.67. The summed E-state index contributed by atoms with van der Waals surface area (Å²) in [6.07, 6.45) is 0.469. The van der Waals surface area contributed by atoms with E-state index in [0.29, 0.717) is 31.9 Å². The second kappa shape index (κ2) is 10.3. The van der Waals surface area contributed by atoms with E-state index in [-0.39, 0.29) is 17.9 Å². The lowest BCUT2D eigenvalue weighted by atomic mass is 9.99. The Hall–Kier alpha value is -3.86. The summed E-state index contributed by atoms with van der Waals surface area (Å²) in [5.41, 5.74) is 2.55. The summed E-state index contributed by atoms with van der Waals surface area (Å²) in [5, 5.41) is 10.9. The number of imidazole rings is 1. The van der Waals surface area contributed by atoms with Gasteiger partial charge in [0.1, 0.15) is 24.7 Å². The molecule has 0 radical (unpaired) electrons. The van der Waals surface area contributed by atoms with Crippen molar-refractivity contribution >= 4 is 11.4 Å². The van der Waals surface area contributed by atoms with Gasteiger partial charge in [-0.25, -0.2) is 0 Å². The summed E-state index contributed by atoms with van der Waals surface area (Å²) >= 11 is 0. The van der Waals surface area contributed by atoms with Gasteiger partial charge in [-0.3, -0.25) is 9.47 Å². The quantitative estimate of drug-likeness (QED) is 0.313. The molecule has 2 aliphatic rings. The Morgan fingerprint density at radius 1 is 1.11 bits per heavy atom. The highest BCUT2D eigenvalue weighted by Crippen LogP contribution is 2.30. The average Bonchev–Trinajstić information content (AvgIpc) is 3.32. The molecule has 8 nitrogen and oxygen atoms in total. The molecule has 0 unspecified atom stereocenters. The Kier molecular flexibility index (Phi) is 6.88. The van der Waals surface area contributed by atoms with Crippen molar-refractivity contribution in [2.75, 3.05) is 19.7 Å². The number of rotatable bonds is 7. The van der Waals surface area contributed by atoms with Gasteiger partial charge in [0.25, 0.3) is 0 Å². The number of aryl methyl sites for hydroxylation is 1. The summed E-state index contributed by atoms with van der Waals surface area (Å²) in [6, 6.07) is 13.4. The predicted molar refractivity (Wildman–Crippen MR) is 129 cm³/mol. The number of fused-ring (bicyclic) bond motifs is 1. The third kappa shape index (κ3) is 5.93. The van der Waals surface area contributed by atoms with E-state index in [2.05, 4.69) is 16.0 Å². The van der Waals surface area contributed by atoms with E-state index in [1.807, 2.05) is 24.3 Å². The minimum absolute atomic E-state index is 0.230. The molecule has 1 aromatic heterocycles. The van der Waals surface area contributed by atoms with E-state index in [1.54, 1.807) is 4.57 Å². The monoisotopic (exact) mass is 514 g/mol. The second-order valence-electron chi connectivity index (χ2n) is 9.11. The fraction of sp³-hybridized carbons (Fsp3) is 0.346. The first-order valence-electron chi connectivity index (χ1n) is 11.9. The zero-order valence-electron chi connectivity index (χ0n) is 19.9. The van der Waals surface area contributed by atoms with Crippen LogP contribution in [0.4, 0.5) is 19.0 Å². The zero-order chi connectivity index (χ0) is 26.0. The molecule has 0 saturated carbocycles. The largest absolute Gasteiger partial charge is 0.490 e. The van der Waals surface area contributed by atoms with Crippen LogP contribution in [0.5, 0.6) is 11.8 Å². The van der Waals surface area contributed by atoms with Gasteiger partial charge in [-0.2, -0.15) is 13.2 Å². The van der Waals surface area contributed by atoms with E-state index in [9.17, 15) is 23.3 Å². The number of alkyl halides is 3. The maximum Gasteiger partial charge on any atom is 0.416 e. The average molecular weight is 515 g/mol. The molecule has 37 heavy (non-hydrogen) atoms. The third-order valence-corrected chi connectivity index (χ3v) is 6.52. The highest BCUT2D eigenvalue weighted by Gasteiger charge is 2.30. The lowest BCUT2D eigenvalue weighted by Crippen LogP contribution is -2.31. The molecular weight excluding hydrogens is 489 g/mol. The summed E-state index contributed by atoms with van der Waals surface area (Å²) < 4.78 is 51.5. The molecular formula is C26H25F3N4O4. The van der Waals surface area contributed by atoms with Gasteiger partial charge >= 0.3 is 18.0 Å². The van der Waals surface area contributed by atoms with Crippen LogP contribution in [0.3, 0.4) is 0 Å². The van der Waals surface area contributed by atoms with Crippen molar-refractivity contribution in [1.82, 2.24) is 14.5 Å². The number of halogens is 3. The smallest absolute Gasteiger partial charge is 0.416 e. The third-order valence-electron chi connectivity index (χ3n) is 6.52. The van der Waals surface area contributed by atoms with Gasteiger partial charge < -0.3 is 19.6 Å². The summed E-state index contributed by atoms with van der Waals surface area (Å²) in [7, 11) is 0. The molecule has 0 fully saturated rings. The normalized spacial score (nSPS) is 18.0. The molecule has 0 aliphatic carbocycles. The molecule has 0 saturated heterocycles. The fourth-order valence-corrected chi connectivity index (χ4v) is 4.47. The first-order valence-corrected chi connectivity index (χ1v) is 11.9. The Morgan fingerprint density at radius 3 is 2.51 bits per heavy atom. The molecule has 11 heteroatoms. The molecule has 194 valence electrons. The number of hydrogen-bond donors (Lipinski definition) is 0. The minimum atomic E-state index is -4.32.